The molecule has 1 atom stereocenters. The normalized spacial score (nSPS) is 16.9. The number of aryl methyl sites for hydroxylation is 2. The van der Waals surface area contributed by atoms with E-state index in [1.54, 1.807) is 0 Å². The molecule has 0 aromatic carbocycles. The van der Waals surface area contributed by atoms with E-state index in [1.807, 2.05) is 0 Å². The number of likely N-dealkylation sites (N-methyl/N-ethyl adjacent to an activating group) is 1. The van der Waals surface area contributed by atoms with Gasteiger partial charge in [0.2, 0.25) is 0 Å². The molecule has 4 nitrogen and oxygen atoms in total. The fraction of sp³-hybridized carbons (Fsp3) is 0.769. The number of hydrogen-bond donors (Lipinski definition) is 2. The Bertz CT molecular complexity index is 373. The largest absolute Gasteiger partial charge is 0.395 e. The van der Waals surface area contributed by atoms with Crippen LogP contribution in [0.4, 0.5) is 0 Å². The van der Waals surface area contributed by atoms with Gasteiger partial charge in [0.1, 0.15) is 5.82 Å². The molecule has 0 radical (unpaired) electrons. The third-order valence-electron chi connectivity index (χ3n) is 3.54. The van der Waals surface area contributed by atoms with E-state index in [2.05, 4.69) is 28.7 Å². The number of rotatable bonds is 5. The van der Waals surface area contributed by atoms with Crippen molar-refractivity contribution in [2.45, 2.75) is 52.1 Å². The standard InChI is InChI=1S/C13H23N3O/c1-3-14-11(9-17)8-16-10(2)15-12-6-4-5-7-13(12)16/h11,14,17H,3-9H2,1-2H3. The summed E-state index contributed by atoms with van der Waals surface area (Å²) in [5.41, 5.74) is 2.67. The van der Waals surface area contributed by atoms with Gasteiger partial charge in [0.05, 0.1) is 12.3 Å². The Morgan fingerprint density at radius 1 is 1.41 bits per heavy atom. The summed E-state index contributed by atoms with van der Waals surface area (Å²) < 4.78 is 2.29. The molecule has 1 aliphatic carbocycles. The smallest absolute Gasteiger partial charge is 0.106 e. The van der Waals surface area contributed by atoms with Gasteiger partial charge in [-0.15, -0.1) is 0 Å². The van der Waals surface area contributed by atoms with Crippen LogP contribution >= 0.6 is 0 Å². The molecule has 0 fully saturated rings. The van der Waals surface area contributed by atoms with Crippen molar-refractivity contribution in [1.82, 2.24) is 14.9 Å². The maximum atomic E-state index is 9.35. The van der Waals surface area contributed by atoms with Crippen molar-refractivity contribution in [2.24, 2.45) is 0 Å². The molecule has 0 bridgehead atoms. The molecule has 2 N–H and O–H groups in total. The number of nitrogens with zero attached hydrogens (tertiary/aromatic N) is 2. The van der Waals surface area contributed by atoms with Crippen molar-refractivity contribution in [3.63, 3.8) is 0 Å². The molecular weight excluding hydrogens is 214 g/mol. The van der Waals surface area contributed by atoms with Crippen molar-refractivity contribution in [2.75, 3.05) is 13.2 Å². The van der Waals surface area contributed by atoms with Gasteiger partial charge >= 0.3 is 0 Å². The molecule has 1 unspecified atom stereocenters. The number of hydrogen-bond acceptors (Lipinski definition) is 3. The van der Waals surface area contributed by atoms with Crippen LogP contribution < -0.4 is 5.32 Å². The van der Waals surface area contributed by atoms with E-state index in [-0.39, 0.29) is 12.6 Å². The molecule has 1 aliphatic rings. The minimum absolute atomic E-state index is 0.138. The van der Waals surface area contributed by atoms with Gasteiger partial charge in [-0.1, -0.05) is 6.92 Å². The molecule has 1 aromatic rings. The van der Waals surface area contributed by atoms with Crippen LogP contribution in [0.25, 0.3) is 0 Å². The molecule has 96 valence electrons. The Morgan fingerprint density at radius 3 is 2.88 bits per heavy atom. The maximum Gasteiger partial charge on any atom is 0.106 e. The number of nitrogens with one attached hydrogen (secondary N) is 1. The van der Waals surface area contributed by atoms with Crippen LogP contribution in [-0.4, -0.2) is 33.9 Å². The van der Waals surface area contributed by atoms with E-state index in [0.717, 1.165) is 31.8 Å². The Morgan fingerprint density at radius 2 is 2.18 bits per heavy atom. The number of aromatic nitrogens is 2. The Hall–Kier alpha value is -0.870. The summed E-state index contributed by atoms with van der Waals surface area (Å²) in [4.78, 5) is 4.65. The first-order chi connectivity index (χ1) is 8.26. The highest BCUT2D eigenvalue weighted by molar-refractivity contribution is 5.20. The predicted molar refractivity (Wildman–Crippen MR) is 68.2 cm³/mol. The average Bonchev–Trinajstić information content (AvgIpc) is 2.65. The second-order valence-electron chi connectivity index (χ2n) is 4.81. The fourth-order valence-corrected chi connectivity index (χ4v) is 2.67. The summed E-state index contributed by atoms with van der Waals surface area (Å²) in [6, 6.07) is 0.138. The summed E-state index contributed by atoms with van der Waals surface area (Å²) in [5, 5.41) is 12.7. The molecule has 0 spiro atoms. The van der Waals surface area contributed by atoms with Gasteiger partial charge in [0.25, 0.3) is 0 Å². The minimum Gasteiger partial charge on any atom is -0.395 e. The summed E-state index contributed by atoms with van der Waals surface area (Å²) in [7, 11) is 0. The third-order valence-corrected chi connectivity index (χ3v) is 3.54. The van der Waals surface area contributed by atoms with Crippen molar-refractivity contribution in [1.29, 1.82) is 0 Å². The van der Waals surface area contributed by atoms with Gasteiger partial charge < -0.3 is 15.0 Å². The average molecular weight is 237 g/mol. The van der Waals surface area contributed by atoms with Crippen molar-refractivity contribution >= 4 is 0 Å². The molecular formula is C13H23N3O. The van der Waals surface area contributed by atoms with Crippen LogP contribution in [0.1, 0.15) is 37.0 Å². The number of aliphatic hydroxyl groups excluding tert-OH is 1. The molecule has 17 heavy (non-hydrogen) atoms. The highest BCUT2D eigenvalue weighted by Gasteiger charge is 2.19. The molecule has 2 rings (SSSR count). The lowest BCUT2D eigenvalue weighted by molar-refractivity contribution is 0.229. The topological polar surface area (TPSA) is 50.1 Å². The third kappa shape index (κ3) is 2.69. The summed E-state index contributed by atoms with van der Waals surface area (Å²) in [5.74, 6) is 1.09. The molecule has 0 saturated heterocycles. The lowest BCUT2D eigenvalue weighted by atomic mass is 10.0. The molecule has 0 saturated carbocycles. The predicted octanol–water partition coefficient (Wildman–Crippen LogP) is 1.04. The van der Waals surface area contributed by atoms with Gasteiger partial charge in [-0.25, -0.2) is 4.98 Å². The quantitative estimate of drug-likeness (QED) is 0.804. The SMILES string of the molecule is CCNC(CO)Cn1c(C)nc2c1CCCC2. The number of fused-ring (bicyclic) bond motifs is 1. The van der Waals surface area contributed by atoms with Crippen LogP contribution in [0.15, 0.2) is 0 Å². The second-order valence-corrected chi connectivity index (χ2v) is 4.81. The number of imidazole rings is 1. The van der Waals surface area contributed by atoms with Gasteiger partial charge in [0.15, 0.2) is 0 Å². The molecule has 0 aliphatic heterocycles. The van der Waals surface area contributed by atoms with Gasteiger partial charge in [-0.2, -0.15) is 0 Å². The second kappa shape index (κ2) is 5.65. The van der Waals surface area contributed by atoms with Crippen LogP contribution in [-0.2, 0) is 19.4 Å². The Labute approximate surface area is 103 Å². The van der Waals surface area contributed by atoms with Gasteiger partial charge in [0, 0.05) is 18.3 Å². The lowest BCUT2D eigenvalue weighted by Crippen LogP contribution is -2.37. The van der Waals surface area contributed by atoms with E-state index in [1.165, 1.54) is 24.2 Å². The summed E-state index contributed by atoms with van der Waals surface area (Å²) >= 11 is 0. The van der Waals surface area contributed by atoms with Crippen LogP contribution in [0.2, 0.25) is 0 Å². The Balaban J connectivity index is 2.16. The zero-order valence-corrected chi connectivity index (χ0v) is 10.9. The van der Waals surface area contributed by atoms with Crippen molar-refractivity contribution in [3.8, 4) is 0 Å². The molecule has 1 aromatic heterocycles. The van der Waals surface area contributed by atoms with E-state index in [4.69, 9.17) is 0 Å². The fourth-order valence-electron chi connectivity index (χ4n) is 2.67. The molecule has 0 amide bonds. The van der Waals surface area contributed by atoms with E-state index < -0.39 is 0 Å². The Kier molecular flexibility index (Phi) is 4.18. The van der Waals surface area contributed by atoms with Gasteiger partial charge in [-0.05, 0) is 39.2 Å². The monoisotopic (exact) mass is 237 g/mol. The van der Waals surface area contributed by atoms with Crippen LogP contribution in [0.3, 0.4) is 0 Å². The van der Waals surface area contributed by atoms with E-state index >= 15 is 0 Å². The van der Waals surface area contributed by atoms with Crippen LogP contribution in [0, 0.1) is 6.92 Å². The first kappa shape index (κ1) is 12.6. The van der Waals surface area contributed by atoms with E-state index in [9.17, 15) is 5.11 Å². The zero-order chi connectivity index (χ0) is 12.3. The van der Waals surface area contributed by atoms with Crippen LogP contribution in [0.5, 0.6) is 0 Å². The summed E-state index contributed by atoms with van der Waals surface area (Å²) in [6.07, 6.45) is 4.79. The first-order valence-corrected chi connectivity index (χ1v) is 6.65. The highest BCUT2D eigenvalue weighted by Crippen LogP contribution is 2.22. The minimum atomic E-state index is 0.138. The number of aliphatic hydroxyl groups is 1. The maximum absolute atomic E-state index is 9.35. The summed E-state index contributed by atoms with van der Waals surface area (Å²) in [6.45, 7) is 6.04. The van der Waals surface area contributed by atoms with Crippen molar-refractivity contribution in [3.05, 3.63) is 17.2 Å². The van der Waals surface area contributed by atoms with Crippen molar-refractivity contribution < 1.29 is 5.11 Å². The molecule has 1 heterocycles. The van der Waals surface area contributed by atoms with E-state index in [0.29, 0.717) is 0 Å². The zero-order valence-electron chi connectivity index (χ0n) is 10.9. The van der Waals surface area contributed by atoms with Gasteiger partial charge in [-0.3, -0.25) is 0 Å². The first-order valence-electron chi connectivity index (χ1n) is 6.65. The molecule has 4 heteroatoms. The lowest BCUT2D eigenvalue weighted by Gasteiger charge is -2.20. The highest BCUT2D eigenvalue weighted by atomic mass is 16.3.